The second kappa shape index (κ2) is 8.26. The van der Waals surface area contributed by atoms with Crippen LogP contribution in [0, 0.1) is 0 Å². The highest BCUT2D eigenvalue weighted by molar-refractivity contribution is 7.91. The van der Waals surface area contributed by atoms with Crippen molar-refractivity contribution in [3.63, 3.8) is 0 Å². The van der Waals surface area contributed by atoms with Crippen molar-refractivity contribution in [2.24, 2.45) is 0 Å². The largest absolute Gasteiger partial charge is 0.348 e. The van der Waals surface area contributed by atoms with E-state index in [1.165, 1.54) is 17.0 Å². The lowest BCUT2D eigenvalue weighted by Gasteiger charge is -2.15. The second-order valence-corrected chi connectivity index (χ2v) is 9.98. The number of sulfone groups is 1. The average molecular weight is 444 g/mol. The number of hydrogen-bond donors (Lipinski definition) is 1. The summed E-state index contributed by atoms with van der Waals surface area (Å²) in [6.07, 6.45) is 4.90. The van der Waals surface area contributed by atoms with Gasteiger partial charge in [-0.3, -0.25) is 14.0 Å². The molecule has 1 aliphatic rings. The third-order valence-electron chi connectivity index (χ3n) is 5.75. The highest BCUT2D eigenvalue weighted by atomic mass is 32.2. The third-order valence-corrected chi connectivity index (χ3v) is 7.50. The number of amides is 1. The fraction of sp³-hybridized carbons (Fsp3) is 0.429. The molecule has 10 heteroatoms. The van der Waals surface area contributed by atoms with Crippen molar-refractivity contribution in [2.75, 3.05) is 16.8 Å². The number of aromatic nitrogens is 4. The molecule has 0 bridgehead atoms. The van der Waals surface area contributed by atoms with Gasteiger partial charge in [-0.2, -0.15) is 10.1 Å². The van der Waals surface area contributed by atoms with E-state index in [-0.39, 0.29) is 30.0 Å². The topological polar surface area (TPSA) is 116 Å². The summed E-state index contributed by atoms with van der Waals surface area (Å²) in [7, 11) is -3.09. The van der Waals surface area contributed by atoms with Gasteiger partial charge in [0.05, 0.1) is 35.5 Å². The number of anilines is 1. The van der Waals surface area contributed by atoms with Gasteiger partial charge in [0.15, 0.2) is 9.84 Å². The van der Waals surface area contributed by atoms with Crippen molar-refractivity contribution in [3.8, 4) is 0 Å². The predicted octanol–water partition coefficient (Wildman–Crippen LogP) is 1.72. The Balaban J connectivity index is 1.64. The zero-order chi connectivity index (χ0) is 22.2. The molecule has 1 aromatic carbocycles. The minimum absolute atomic E-state index is 0.0109. The number of carbonyl (C=O) groups excluding carboxylic acids is 1. The Morgan fingerprint density at radius 1 is 1.16 bits per heavy atom. The molecule has 3 heterocycles. The molecule has 1 saturated heterocycles. The van der Waals surface area contributed by atoms with Gasteiger partial charge in [-0.25, -0.2) is 13.2 Å². The van der Waals surface area contributed by atoms with Crippen LogP contribution in [0.3, 0.4) is 0 Å². The van der Waals surface area contributed by atoms with Gasteiger partial charge in [0.25, 0.3) is 0 Å². The fourth-order valence-electron chi connectivity index (χ4n) is 4.12. The number of aryl methyl sites for hydroxylation is 2. The molecule has 3 aromatic rings. The minimum Gasteiger partial charge on any atom is -0.324 e. The molecule has 1 aliphatic heterocycles. The number of nitrogens with zero attached hydrogens (tertiary/aromatic N) is 4. The molecule has 1 amide bonds. The Bertz CT molecular complexity index is 1290. The molecule has 1 unspecified atom stereocenters. The number of benzene rings is 1. The SMILES string of the molecule is CCc1cccc(CC)c1NC(=O)Cn1c(=O)ncc2c1cnn2C1CCS(=O)(=O)C1. The molecule has 9 nitrogen and oxygen atoms in total. The monoisotopic (exact) mass is 443 g/mol. The van der Waals surface area contributed by atoms with Crippen LogP contribution >= 0.6 is 0 Å². The van der Waals surface area contributed by atoms with Crippen molar-refractivity contribution >= 4 is 32.5 Å². The Labute approximate surface area is 180 Å². The molecule has 0 radical (unpaired) electrons. The molecule has 0 saturated carbocycles. The van der Waals surface area contributed by atoms with Gasteiger partial charge in [-0.1, -0.05) is 32.0 Å². The van der Waals surface area contributed by atoms with E-state index in [2.05, 4.69) is 15.4 Å². The Kier molecular flexibility index (Phi) is 5.65. The van der Waals surface area contributed by atoms with Crippen LogP contribution in [0.1, 0.15) is 37.4 Å². The predicted molar refractivity (Wildman–Crippen MR) is 118 cm³/mol. The smallest absolute Gasteiger partial charge is 0.324 e. The highest BCUT2D eigenvalue weighted by Gasteiger charge is 2.31. The van der Waals surface area contributed by atoms with Crippen LogP contribution in [0.25, 0.3) is 11.0 Å². The first-order chi connectivity index (χ1) is 14.8. The first-order valence-electron chi connectivity index (χ1n) is 10.4. The molecule has 1 N–H and O–H groups in total. The van der Waals surface area contributed by atoms with Crippen LogP contribution in [0.4, 0.5) is 5.69 Å². The highest BCUT2D eigenvalue weighted by Crippen LogP contribution is 2.26. The van der Waals surface area contributed by atoms with Gasteiger partial charge in [-0.05, 0) is 30.4 Å². The number of hydrogen-bond acceptors (Lipinski definition) is 6. The summed E-state index contributed by atoms with van der Waals surface area (Å²) < 4.78 is 26.6. The van der Waals surface area contributed by atoms with Gasteiger partial charge in [0.1, 0.15) is 12.1 Å². The quantitative estimate of drug-likeness (QED) is 0.620. The summed E-state index contributed by atoms with van der Waals surface area (Å²) in [5, 5.41) is 7.27. The van der Waals surface area contributed by atoms with Crippen LogP contribution in [0.2, 0.25) is 0 Å². The van der Waals surface area contributed by atoms with E-state index >= 15 is 0 Å². The third kappa shape index (κ3) is 4.12. The Morgan fingerprint density at radius 3 is 2.48 bits per heavy atom. The molecule has 0 spiro atoms. The van der Waals surface area contributed by atoms with Crippen LogP contribution in [0.15, 0.2) is 35.4 Å². The minimum atomic E-state index is -3.09. The molecular formula is C21H25N5O4S. The first kappa shape index (κ1) is 21.2. The maximum Gasteiger partial charge on any atom is 0.348 e. The number of rotatable bonds is 6. The number of carbonyl (C=O) groups is 1. The van der Waals surface area contributed by atoms with Gasteiger partial charge < -0.3 is 5.32 Å². The van der Waals surface area contributed by atoms with Crippen molar-refractivity contribution in [2.45, 2.75) is 45.7 Å². The molecular weight excluding hydrogens is 418 g/mol. The van der Waals surface area contributed by atoms with Crippen LogP contribution in [-0.4, -0.2) is 45.2 Å². The zero-order valence-corrected chi connectivity index (χ0v) is 18.4. The van der Waals surface area contributed by atoms with E-state index in [4.69, 9.17) is 0 Å². The summed E-state index contributed by atoms with van der Waals surface area (Å²) in [5.74, 6) is -0.203. The molecule has 1 atom stereocenters. The lowest BCUT2D eigenvalue weighted by atomic mass is 10.0. The molecule has 31 heavy (non-hydrogen) atoms. The van der Waals surface area contributed by atoms with E-state index in [9.17, 15) is 18.0 Å². The van der Waals surface area contributed by atoms with Crippen molar-refractivity contribution in [3.05, 3.63) is 52.2 Å². The molecule has 2 aromatic heterocycles. The lowest BCUT2D eigenvalue weighted by molar-refractivity contribution is -0.116. The fourth-order valence-corrected chi connectivity index (χ4v) is 5.81. The van der Waals surface area contributed by atoms with Crippen molar-refractivity contribution in [1.29, 1.82) is 0 Å². The molecule has 4 rings (SSSR count). The Morgan fingerprint density at radius 2 is 1.87 bits per heavy atom. The maximum absolute atomic E-state index is 12.9. The van der Waals surface area contributed by atoms with Gasteiger partial charge >= 0.3 is 5.69 Å². The number of nitrogens with one attached hydrogen (secondary N) is 1. The van der Waals surface area contributed by atoms with Crippen molar-refractivity contribution < 1.29 is 13.2 Å². The summed E-state index contributed by atoms with van der Waals surface area (Å²) in [5.41, 5.74) is 3.30. The summed E-state index contributed by atoms with van der Waals surface area (Å²) in [6, 6.07) is 5.62. The average Bonchev–Trinajstić information content (AvgIpc) is 3.33. The van der Waals surface area contributed by atoms with Gasteiger partial charge in [0, 0.05) is 5.69 Å². The summed E-state index contributed by atoms with van der Waals surface area (Å²) in [4.78, 5) is 29.2. The number of fused-ring (bicyclic) bond motifs is 1. The van der Waals surface area contributed by atoms with E-state index in [1.54, 1.807) is 4.68 Å². The van der Waals surface area contributed by atoms with E-state index in [0.29, 0.717) is 17.5 Å². The normalized spacial score (nSPS) is 17.8. The molecule has 1 fully saturated rings. The van der Waals surface area contributed by atoms with Crippen LogP contribution < -0.4 is 11.0 Å². The standard InChI is InChI=1S/C21H25N5O4S/c1-3-14-6-5-7-15(4-2)20(14)24-19(27)12-25-17-11-23-26(18(17)10-22-21(25)28)16-8-9-31(29,30)13-16/h5-7,10-11,16H,3-4,8-9,12-13H2,1-2H3,(H,24,27). The van der Waals surface area contributed by atoms with E-state index < -0.39 is 15.5 Å². The van der Waals surface area contributed by atoms with Crippen LogP contribution in [0.5, 0.6) is 0 Å². The lowest BCUT2D eigenvalue weighted by Crippen LogP contribution is -2.30. The number of para-hydroxylation sites is 1. The van der Waals surface area contributed by atoms with Crippen molar-refractivity contribution in [1.82, 2.24) is 19.3 Å². The Hall–Kier alpha value is -3.01. The van der Waals surface area contributed by atoms with E-state index in [1.807, 2.05) is 32.0 Å². The summed E-state index contributed by atoms with van der Waals surface area (Å²) >= 11 is 0. The summed E-state index contributed by atoms with van der Waals surface area (Å²) in [6.45, 7) is 3.84. The maximum atomic E-state index is 12.9. The van der Waals surface area contributed by atoms with Gasteiger partial charge in [-0.15, -0.1) is 0 Å². The second-order valence-electron chi connectivity index (χ2n) is 7.75. The molecule has 164 valence electrons. The first-order valence-corrected chi connectivity index (χ1v) is 12.2. The van der Waals surface area contributed by atoms with Crippen LogP contribution in [-0.2, 0) is 34.0 Å². The van der Waals surface area contributed by atoms with Gasteiger partial charge in [0.2, 0.25) is 5.91 Å². The van der Waals surface area contributed by atoms with E-state index in [0.717, 1.165) is 29.7 Å². The molecule has 0 aliphatic carbocycles. The zero-order valence-electron chi connectivity index (χ0n) is 17.5.